The van der Waals surface area contributed by atoms with Crippen molar-refractivity contribution in [2.45, 2.75) is 6.61 Å². The molecular weight excluding hydrogens is 359 g/mol. The third-order valence-electron chi connectivity index (χ3n) is 3.86. The highest BCUT2D eigenvalue weighted by Gasteiger charge is 2.17. The van der Waals surface area contributed by atoms with Crippen molar-refractivity contribution in [3.8, 4) is 27.8 Å². The van der Waals surface area contributed by atoms with Gasteiger partial charge in [0.05, 0.1) is 0 Å². The fraction of sp³-hybridized carbons (Fsp3) is 0.118. The lowest BCUT2D eigenvalue weighted by Gasteiger charge is -2.03. The van der Waals surface area contributed by atoms with E-state index in [0.717, 1.165) is 16.3 Å². The van der Waals surface area contributed by atoms with E-state index in [1.54, 1.807) is 16.6 Å². The summed E-state index contributed by atoms with van der Waals surface area (Å²) < 4.78 is 31.0. The zero-order chi connectivity index (χ0) is 17.5. The van der Waals surface area contributed by atoms with Crippen LogP contribution in [0.25, 0.3) is 15.5 Å². The minimum absolute atomic E-state index is 0.178. The van der Waals surface area contributed by atoms with E-state index in [1.807, 2.05) is 18.2 Å². The van der Waals surface area contributed by atoms with Crippen LogP contribution in [0.5, 0.6) is 17.2 Å². The first-order chi connectivity index (χ1) is 12.8. The lowest BCUT2D eigenvalue weighted by molar-refractivity contribution is 0.174. The van der Waals surface area contributed by atoms with Crippen molar-refractivity contribution in [2.75, 3.05) is 6.79 Å². The van der Waals surface area contributed by atoms with Crippen molar-refractivity contribution in [1.29, 1.82) is 0 Å². The number of aromatic nitrogens is 4. The number of benzene rings is 2. The number of halogens is 1. The van der Waals surface area contributed by atoms with Crippen molar-refractivity contribution in [2.24, 2.45) is 0 Å². The number of ether oxygens (including phenoxy) is 3. The van der Waals surface area contributed by atoms with Crippen LogP contribution in [0.1, 0.15) is 5.82 Å². The number of hydrogen-bond donors (Lipinski definition) is 0. The zero-order valence-electron chi connectivity index (χ0n) is 13.3. The monoisotopic (exact) mass is 370 g/mol. The summed E-state index contributed by atoms with van der Waals surface area (Å²) in [5, 5.41) is 13.6. The van der Waals surface area contributed by atoms with Crippen molar-refractivity contribution in [1.82, 2.24) is 19.8 Å². The normalized spacial score (nSPS) is 12.7. The topological polar surface area (TPSA) is 70.8 Å². The Morgan fingerprint density at radius 1 is 1.08 bits per heavy atom. The van der Waals surface area contributed by atoms with Gasteiger partial charge in [-0.2, -0.15) is 9.61 Å². The molecule has 0 unspecified atom stereocenters. The Hall–Kier alpha value is -3.20. The maximum atomic E-state index is 12.9. The van der Waals surface area contributed by atoms with E-state index in [1.165, 1.54) is 23.5 Å². The van der Waals surface area contributed by atoms with Crippen LogP contribution in [-0.4, -0.2) is 26.6 Å². The quantitative estimate of drug-likeness (QED) is 0.549. The molecule has 2 aromatic heterocycles. The molecule has 1 aliphatic rings. The van der Waals surface area contributed by atoms with Gasteiger partial charge in [-0.25, -0.2) is 4.39 Å². The molecule has 0 N–H and O–H groups in total. The molecule has 0 fully saturated rings. The maximum Gasteiger partial charge on any atom is 0.235 e. The summed E-state index contributed by atoms with van der Waals surface area (Å²) >= 11 is 1.42. The van der Waals surface area contributed by atoms with Gasteiger partial charge in [-0.15, -0.1) is 10.2 Å². The lowest BCUT2D eigenvalue weighted by atomic mass is 10.2. The van der Waals surface area contributed by atoms with E-state index in [-0.39, 0.29) is 19.2 Å². The molecule has 4 aromatic rings. The van der Waals surface area contributed by atoms with Gasteiger partial charge in [0.1, 0.15) is 23.2 Å². The smallest absolute Gasteiger partial charge is 0.235 e. The summed E-state index contributed by atoms with van der Waals surface area (Å²) in [5.41, 5.74) is 0.912. The average Bonchev–Trinajstić information content (AvgIpc) is 3.36. The number of fused-ring (bicyclic) bond motifs is 2. The van der Waals surface area contributed by atoms with Crippen LogP contribution in [-0.2, 0) is 6.61 Å². The largest absolute Gasteiger partial charge is 0.486 e. The predicted octanol–water partition coefficient (Wildman–Crippen LogP) is 3.30. The second-order valence-electron chi connectivity index (χ2n) is 5.53. The van der Waals surface area contributed by atoms with Crippen LogP contribution in [0.2, 0.25) is 0 Å². The first-order valence-electron chi connectivity index (χ1n) is 7.76. The SMILES string of the molecule is Fc1ccc(OCc2nnc3sc(-c4ccc5c(c4)OCO5)nn23)cc1. The molecule has 9 heteroatoms. The van der Waals surface area contributed by atoms with Gasteiger partial charge in [0.2, 0.25) is 11.8 Å². The third kappa shape index (κ3) is 2.62. The van der Waals surface area contributed by atoms with E-state index in [4.69, 9.17) is 14.2 Å². The summed E-state index contributed by atoms with van der Waals surface area (Å²) in [5.74, 6) is 2.23. The van der Waals surface area contributed by atoms with Crippen LogP contribution in [0, 0.1) is 5.82 Å². The molecule has 3 heterocycles. The number of hydrogen-bond acceptors (Lipinski definition) is 7. The summed E-state index contributed by atoms with van der Waals surface area (Å²) in [6, 6.07) is 11.5. The molecule has 0 saturated heterocycles. The van der Waals surface area contributed by atoms with Gasteiger partial charge in [-0.1, -0.05) is 11.3 Å². The maximum absolute atomic E-state index is 12.9. The fourth-order valence-corrected chi connectivity index (χ4v) is 3.43. The second-order valence-corrected chi connectivity index (χ2v) is 6.48. The van der Waals surface area contributed by atoms with E-state index in [2.05, 4.69) is 15.3 Å². The summed E-state index contributed by atoms with van der Waals surface area (Å²) in [4.78, 5) is 0.662. The Labute approximate surface area is 150 Å². The van der Waals surface area contributed by atoms with Crippen LogP contribution < -0.4 is 14.2 Å². The molecule has 0 spiro atoms. The molecule has 7 nitrogen and oxygen atoms in total. The third-order valence-corrected chi connectivity index (χ3v) is 4.80. The van der Waals surface area contributed by atoms with Crippen LogP contribution in [0.4, 0.5) is 4.39 Å². The van der Waals surface area contributed by atoms with E-state index in [0.29, 0.717) is 22.3 Å². The fourth-order valence-electron chi connectivity index (χ4n) is 2.57. The van der Waals surface area contributed by atoms with Crippen LogP contribution >= 0.6 is 11.3 Å². The summed E-state index contributed by atoms with van der Waals surface area (Å²) in [7, 11) is 0. The van der Waals surface area contributed by atoms with E-state index < -0.39 is 0 Å². The molecule has 0 bridgehead atoms. The van der Waals surface area contributed by atoms with E-state index in [9.17, 15) is 4.39 Å². The van der Waals surface area contributed by atoms with Gasteiger partial charge in [-0.3, -0.25) is 0 Å². The van der Waals surface area contributed by atoms with Crippen LogP contribution in [0.3, 0.4) is 0 Å². The molecular formula is C17H11FN4O3S. The molecule has 1 aliphatic heterocycles. The van der Waals surface area contributed by atoms with Gasteiger partial charge in [0.25, 0.3) is 0 Å². The molecule has 5 rings (SSSR count). The first kappa shape index (κ1) is 15.1. The van der Waals surface area contributed by atoms with Gasteiger partial charge in [-0.05, 0) is 42.5 Å². The molecule has 0 amide bonds. The Balaban J connectivity index is 1.41. The summed E-state index contributed by atoms with van der Waals surface area (Å²) in [6.45, 7) is 0.409. The number of nitrogens with zero attached hydrogens (tertiary/aromatic N) is 4. The van der Waals surface area contributed by atoms with Gasteiger partial charge in [0, 0.05) is 5.56 Å². The molecule has 0 aliphatic carbocycles. The highest BCUT2D eigenvalue weighted by Crippen LogP contribution is 2.37. The van der Waals surface area contributed by atoms with E-state index >= 15 is 0 Å². The van der Waals surface area contributed by atoms with Crippen molar-refractivity contribution in [3.63, 3.8) is 0 Å². The Bertz CT molecular complexity index is 1090. The van der Waals surface area contributed by atoms with Crippen molar-refractivity contribution < 1.29 is 18.6 Å². The van der Waals surface area contributed by atoms with Crippen LogP contribution in [0.15, 0.2) is 42.5 Å². The zero-order valence-corrected chi connectivity index (χ0v) is 14.1. The average molecular weight is 370 g/mol. The van der Waals surface area contributed by atoms with Gasteiger partial charge >= 0.3 is 0 Å². The second kappa shape index (κ2) is 5.95. The van der Waals surface area contributed by atoms with Crippen molar-refractivity contribution in [3.05, 3.63) is 54.1 Å². The Morgan fingerprint density at radius 3 is 2.81 bits per heavy atom. The minimum Gasteiger partial charge on any atom is -0.486 e. The lowest BCUT2D eigenvalue weighted by Crippen LogP contribution is -2.02. The van der Waals surface area contributed by atoms with Gasteiger partial charge in [0.15, 0.2) is 17.3 Å². The van der Waals surface area contributed by atoms with Gasteiger partial charge < -0.3 is 14.2 Å². The highest BCUT2D eigenvalue weighted by molar-refractivity contribution is 7.19. The molecule has 2 aromatic carbocycles. The Kier molecular flexibility index (Phi) is 3.45. The minimum atomic E-state index is -0.310. The molecule has 26 heavy (non-hydrogen) atoms. The summed E-state index contributed by atoms with van der Waals surface area (Å²) in [6.07, 6.45) is 0. The Morgan fingerprint density at radius 2 is 1.92 bits per heavy atom. The first-order valence-corrected chi connectivity index (χ1v) is 8.57. The highest BCUT2D eigenvalue weighted by atomic mass is 32.1. The molecule has 0 radical (unpaired) electrons. The number of rotatable bonds is 4. The standard InChI is InChI=1S/C17H11FN4O3S/c18-11-2-4-12(5-3-11)23-8-15-19-20-17-22(15)21-16(26-17)10-1-6-13-14(7-10)25-9-24-13/h1-7H,8-9H2. The molecule has 0 saturated carbocycles. The van der Waals surface area contributed by atoms with Crippen molar-refractivity contribution >= 4 is 16.3 Å². The predicted molar refractivity (Wildman–Crippen MR) is 91.0 cm³/mol. The molecule has 130 valence electrons. The molecule has 0 atom stereocenters.